The molecular formula is C17H11F4N3. The van der Waals surface area contributed by atoms with E-state index < -0.39 is 11.7 Å². The van der Waals surface area contributed by atoms with Crippen molar-refractivity contribution in [3.63, 3.8) is 0 Å². The van der Waals surface area contributed by atoms with E-state index in [1.807, 2.05) is 0 Å². The lowest BCUT2D eigenvalue weighted by Crippen LogP contribution is -2.04. The van der Waals surface area contributed by atoms with Crippen molar-refractivity contribution >= 4 is 11.5 Å². The molecule has 7 heteroatoms. The molecule has 1 aromatic heterocycles. The van der Waals surface area contributed by atoms with E-state index in [1.165, 1.54) is 24.3 Å². The molecule has 0 bridgehead atoms. The molecule has 0 unspecified atom stereocenters. The van der Waals surface area contributed by atoms with Crippen LogP contribution >= 0.6 is 0 Å². The van der Waals surface area contributed by atoms with Crippen molar-refractivity contribution in [1.82, 2.24) is 10.2 Å². The van der Waals surface area contributed by atoms with Gasteiger partial charge < -0.3 is 5.32 Å². The molecule has 0 amide bonds. The topological polar surface area (TPSA) is 40.7 Å². The average Bonchev–Trinajstić information content (AvgIpc) is 3.06. The zero-order chi connectivity index (χ0) is 16.9. The molecule has 0 radical (unpaired) electrons. The number of benzene rings is 2. The minimum atomic E-state index is -4.36. The molecule has 0 saturated heterocycles. The predicted molar refractivity (Wildman–Crippen MR) is 81.5 cm³/mol. The molecule has 4 rings (SSSR count). The highest BCUT2D eigenvalue weighted by Gasteiger charge is 2.30. The Morgan fingerprint density at radius 2 is 1.79 bits per heavy atom. The summed E-state index contributed by atoms with van der Waals surface area (Å²) in [5.74, 6) is 0.293. The fourth-order valence-corrected chi connectivity index (χ4v) is 2.88. The highest BCUT2D eigenvalue weighted by molar-refractivity contribution is 5.79. The molecule has 2 N–H and O–H groups in total. The van der Waals surface area contributed by atoms with Crippen LogP contribution in [0.2, 0.25) is 0 Å². The number of aromatic nitrogens is 2. The third kappa shape index (κ3) is 2.42. The number of H-pyrrole nitrogens is 1. The molecule has 0 spiro atoms. The van der Waals surface area contributed by atoms with E-state index in [4.69, 9.17) is 0 Å². The van der Waals surface area contributed by atoms with Crippen LogP contribution in [0.3, 0.4) is 0 Å². The Hall–Kier alpha value is -2.83. The maximum absolute atomic E-state index is 13.3. The smallest absolute Gasteiger partial charge is 0.340 e. The Labute approximate surface area is 134 Å². The first-order chi connectivity index (χ1) is 11.4. The van der Waals surface area contributed by atoms with E-state index >= 15 is 0 Å². The number of hydrogen-bond acceptors (Lipinski definition) is 2. The van der Waals surface area contributed by atoms with Gasteiger partial charge in [0, 0.05) is 23.2 Å². The van der Waals surface area contributed by atoms with Crippen molar-refractivity contribution in [1.29, 1.82) is 0 Å². The Balaban J connectivity index is 1.61. The predicted octanol–water partition coefficient (Wildman–Crippen LogP) is 4.88. The van der Waals surface area contributed by atoms with Crippen molar-refractivity contribution in [3.8, 4) is 11.3 Å². The third-order valence-corrected chi connectivity index (χ3v) is 4.04. The second kappa shape index (κ2) is 5.09. The van der Waals surface area contributed by atoms with Gasteiger partial charge in [0.15, 0.2) is 0 Å². The van der Waals surface area contributed by atoms with E-state index in [1.54, 1.807) is 6.07 Å². The average molecular weight is 333 g/mol. The first-order valence-corrected chi connectivity index (χ1v) is 7.22. The van der Waals surface area contributed by atoms with Crippen molar-refractivity contribution in [2.75, 3.05) is 5.32 Å². The highest BCUT2D eigenvalue weighted by atomic mass is 19.4. The Bertz CT molecular complexity index is 911. The van der Waals surface area contributed by atoms with E-state index in [-0.39, 0.29) is 5.82 Å². The monoisotopic (exact) mass is 333 g/mol. The molecule has 3 nitrogen and oxygen atoms in total. The van der Waals surface area contributed by atoms with Crippen molar-refractivity contribution in [2.45, 2.75) is 12.6 Å². The lowest BCUT2D eigenvalue weighted by molar-refractivity contribution is -0.137. The van der Waals surface area contributed by atoms with Crippen molar-refractivity contribution in [2.24, 2.45) is 0 Å². The van der Waals surface area contributed by atoms with Crippen LogP contribution in [0, 0.1) is 5.82 Å². The highest BCUT2D eigenvalue weighted by Crippen LogP contribution is 2.39. The van der Waals surface area contributed by atoms with Gasteiger partial charge >= 0.3 is 6.18 Å². The van der Waals surface area contributed by atoms with Gasteiger partial charge in [0.25, 0.3) is 0 Å². The Kier molecular flexibility index (Phi) is 3.13. The Morgan fingerprint density at radius 1 is 1.04 bits per heavy atom. The van der Waals surface area contributed by atoms with Crippen LogP contribution in [0.4, 0.5) is 29.1 Å². The van der Waals surface area contributed by atoms with E-state index in [2.05, 4.69) is 15.5 Å². The lowest BCUT2D eigenvalue weighted by atomic mass is 10.1. The summed E-state index contributed by atoms with van der Waals surface area (Å²) < 4.78 is 51.1. The SMILES string of the molecule is Fc1ccc2c(c1)Cc1c-2n[nH]c1Nc1ccc(C(F)(F)F)cc1. The lowest BCUT2D eigenvalue weighted by Gasteiger charge is -2.09. The number of rotatable bonds is 2. The van der Waals surface area contributed by atoms with Crippen molar-refractivity contribution in [3.05, 3.63) is 65.0 Å². The molecular weight excluding hydrogens is 322 g/mol. The molecule has 122 valence electrons. The number of anilines is 2. The summed E-state index contributed by atoms with van der Waals surface area (Å²) >= 11 is 0. The first kappa shape index (κ1) is 14.7. The second-order valence-electron chi connectivity index (χ2n) is 5.60. The second-order valence-corrected chi connectivity index (χ2v) is 5.60. The quantitative estimate of drug-likeness (QED) is 0.513. The van der Waals surface area contributed by atoms with Crippen LogP contribution in [-0.2, 0) is 12.6 Å². The first-order valence-electron chi connectivity index (χ1n) is 7.22. The van der Waals surface area contributed by atoms with Crippen LogP contribution in [-0.4, -0.2) is 10.2 Å². The van der Waals surface area contributed by atoms with Gasteiger partial charge in [-0.05, 0) is 48.0 Å². The standard InChI is InChI=1S/C17H11F4N3/c18-11-3-6-13-9(7-11)8-14-15(13)23-24-16(14)22-12-4-1-10(2-5-12)17(19,20)21/h1-7H,8H2,(H2,22,23,24). The van der Waals surface area contributed by atoms with E-state index in [0.717, 1.165) is 34.5 Å². The van der Waals surface area contributed by atoms with Crippen LogP contribution in [0.1, 0.15) is 16.7 Å². The largest absolute Gasteiger partial charge is 0.416 e. The maximum atomic E-state index is 13.3. The van der Waals surface area contributed by atoms with Gasteiger partial charge in [-0.3, -0.25) is 5.10 Å². The van der Waals surface area contributed by atoms with Gasteiger partial charge in [-0.1, -0.05) is 0 Å². The molecule has 2 aromatic carbocycles. The van der Waals surface area contributed by atoms with Crippen LogP contribution < -0.4 is 5.32 Å². The van der Waals surface area contributed by atoms with E-state index in [0.29, 0.717) is 17.9 Å². The minimum absolute atomic E-state index is 0.305. The van der Waals surface area contributed by atoms with Crippen LogP contribution in [0.15, 0.2) is 42.5 Å². The normalized spacial score (nSPS) is 12.8. The summed E-state index contributed by atoms with van der Waals surface area (Å²) in [5.41, 5.74) is 3.12. The van der Waals surface area contributed by atoms with Gasteiger partial charge in [0.1, 0.15) is 11.6 Å². The van der Waals surface area contributed by atoms with Gasteiger partial charge in [-0.15, -0.1) is 0 Å². The van der Waals surface area contributed by atoms with Crippen LogP contribution in [0.25, 0.3) is 11.3 Å². The molecule has 1 aliphatic rings. The molecule has 0 aliphatic heterocycles. The van der Waals surface area contributed by atoms with E-state index in [9.17, 15) is 17.6 Å². The number of nitrogens with one attached hydrogen (secondary N) is 2. The summed E-state index contributed by atoms with van der Waals surface area (Å²) in [4.78, 5) is 0. The third-order valence-electron chi connectivity index (χ3n) is 4.04. The van der Waals surface area contributed by atoms with Crippen molar-refractivity contribution < 1.29 is 17.6 Å². The molecule has 0 saturated carbocycles. The summed E-state index contributed by atoms with van der Waals surface area (Å²) in [6, 6.07) is 9.28. The number of hydrogen-bond donors (Lipinski definition) is 2. The summed E-state index contributed by atoms with van der Waals surface area (Å²) in [5, 5.41) is 10.1. The molecule has 1 heterocycles. The van der Waals surface area contributed by atoms with Crippen LogP contribution in [0.5, 0.6) is 0 Å². The fourth-order valence-electron chi connectivity index (χ4n) is 2.88. The number of halogens is 4. The van der Waals surface area contributed by atoms with Gasteiger partial charge in [0.2, 0.25) is 0 Å². The zero-order valence-electron chi connectivity index (χ0n) is 12.2. The number of nitrogens with zero attached hydrogens (tertiary/aromatic N) is 1. The molecule has 24 heavy (non-hydrogen) atoms. The van der Waals surface area contributed by atoms with Gasteiger partial charge in [-0.25, -0.2) is 4.39 Å². The summed E-state index contributed by atoms with van der Waals surface area (Å²) in [6.45, 7) is 0. The summed E-state index contributed by atoms with van der Waals surface area (Å²) in [6.07, 6.45) is -3.85. The molecule has 1 aliphatic carbocycles. The summed E-state index contributed by atoms with van der Waals surface area (Å²) in [7, 11) is 0. The molecule has 3 aromatic rings. The maximum Gasteiger partial charge on any atom is 0.416 e. The molecule has 0 fully saturated rings. The zero-order valence-corrected chi connectivity index (χ0v) is 12.2. The van der Waals surface area contributed by atoms with Gasteiger partial charge in [0.05, 0.1) is 11.3 Å². The fraction of sp³-hybridized carbons (Fsp3) is 0.118. The number of alkyl halides is 3. The Morgan fingerprint density at radius 3 is 2.50 bits per heavy atom. The minimum Gasteiger partial charge on any atom is -0.340 e. The number of aromatic amines is 1. The number of fused-ring (bicyclic) bond motifs is 3. The van der Waals surface area contributed by atoms with Gasteiger partial charge in [-0.2, -0.15) is 18.3 Å². The molecule has 0 atom stereocenters.